The van der Waals surface area contributed by atoms with Crippen molar-refractivity contribution in [2.24, 2.45) is 0 Å². The fraction of sp³-hybridized carbons (Fsp3) is 0.238. The van der Waals surface area contributed by atoms with Crippen LogP contribution in [0.3, 0.4) is 0 Å². The van der Waals surface area contributed by atoms with Gasteiger partial charge in [-0.05, 0) is 29.8 Å². The molecule has 150 valence electrons. The van der Waals surface area contributed by atoms with Gasteiger partial charge in [-0.15, -0.1) is 5.06 Å². The highest BCUT2D eigenvalue weighted by Crippen LogP contribution is 2.49. The Balaban J connectivity index is 1.87. The van der Waals surface area contributed by atoms with Crippen molar-refractivity contribution in [1.29, 1.82) is 0 Å². The number of hydrogen-bond donors (Lipinski definition) is 0. The fourth-order valence-electron chi connectivity index (χ4n) is 3.85. The summed E-state index contributed by atoms with van der Waals surface area (Å²) in [7, 11) is 2.54. The lowest BCUT2D eigenvalue weighted by molar-refractivity contribution is -0.161. The standard InChI is InChI=1S/C21H19BrN2O5/c1-27-19(25)17-18(20(26)28-2)29-24-13-23(16-10-8-15(22)9-11-16)12-21(17,24)14-6-4-3-5-7-14/h3-11H,12-13H2,1-2H3. The zero-order valence-electron chi connectivity index (χ0n) is 15.9. The number of hydrogen-bond acceptors (Lipinski definition) is 7. The average Bonchev–Trinajstić information content (AvgIpc) is 3.28. The number of hydroxylamine groups is 2. The molecule has 0 aliphatic carbocycles. The Morgan fingerprint density at radius 2 is 1.66 bits per heavy atom. The summed E-state index contributed by atoms with van der Waals surface area (Å²) in [6.45, 7) is 0.737. The summed E-state index contributed by atoms with van der Waals surface area (Å²) in [6.07, 6.45) is 0. The van der Waals surface area contributed by atoms with Gasteiger partial charge in [-0.1, -0.05) is 46.3 Å². The summed E-state index contributed by atoms with van der Waals surface area (Å²) in [5.41, 5.74) is 0.909. The first kappa shape index (κ1) is 19.5. The molecule has 1 fully saturated rings. The number of esters is 2. The van der Waals surface area contributed by atoms with Crippen LogP contribution in [0.2, 0.25) is 0 Å². The van der Waals surface area contributed by atoms with Gasteiger partial charge in [0.25, 0.3) is 0 Å². The summed E-state index contributed by atoms with van der Waals surface area (Å²) in [5.74, 6) is -1.49. The number of benzene rings is 2. The number of fused-ring (bicyclic) bond motifs is 1. The maximum absolute atomic E-state index is 12.8. The first-order chi connectivity index (χ1) is 14.0. The van der Waals surface area contributed by atoms with E-state index in [1.165, 1.54) is 14.2 Å². The second-order valence-corrected chi connectivity index (χ2v) is 7.61. The van der Waals surface area contributed by atoms with Crippen molar-refractivity contribution in [3.05, 3.63) is 76.0 Å². The van der Waals surface area contributed by atoms with Crippen molar-refractivity contribution in [1.82, 2.24) is 5.06 Å². The van der Waals surface area contributed by atoms with Crippen molar-refractivity contribution < 1.29 is 23.9 Å². The molecule has 29 heavy (non-hydrogen) atoms. The van der Waals surface area contributed by atoms with Gasteiger partial charge in [-0.25, -0.2) is 9.59 Å². The fourth-order valence-corrected chi connectivity index (χ4v) is 4.11. The predicted molar refractivity (Wildman–Crippen MR) is 108 cm³/mol. The molecule has 2 aliphatic rings. The second-order valence-electron chi connectivity index (χ2n) is 6.70. The minimum absolute atomic E-state index is 0.137. The van der Waals surface area contributed by atoms with Crippen LogP contribution in [-0.4, -0.2) is 44.4 Å². The van der Waals surface area contributed by atoms with Crippen molar-refractivity contribution in [3.8, 4) is 0 Å². The Hall–Kier alpha value is -2.84. The molecule has 0 bridgehead atoms. The van der Waals surface area contributed by atoms with Gasteiger partial charge < -0.3 is 19.2 Å². The lowest BCUT2D eigenvalue weighted by atomic mass is 9.82. The maximum atomic E-state index is 12.8. The molecule has 1 unspecified atom stereocenters. The van der Waals surface area contributed by atoms with Gasteiger partial charge in [0.1, 0.15) is 17.8 Å². The van der Waals surface area contributed by atoms with E-state index in [-0.39, 0.29) is 11.3 Å². The third-order valence-corrected chi connectivity index (χ3v) is 5.72. The molecule has 2 aromatic carbocycles. The third kappa shape index (κ3) is 3.08. The molecule has 2 heterocycles. The predicted octanol–water partition coefficient (Wildman–Crippen LogP) is 2.97. The Morgan fingerprint density at radius 3 is 2.28 bits per heavy atom. The Bertz CT molecular complexity index is 976. The van der Waals surface area contributed by atoms with Gasteiger partial charge in [-0.3, -0.25) is 0 Å². The number of carbonyl (C=O) groups is 2. The summed E-state index contributed by atoms with van der Waals surface area (Å²) in [5, 5.41) is 1.64. The molecule has 0 N–H and O–H groups in total. The van der Waals surface area contributed by atoms with Crippen LogP contribution in [0.1, 0.15) is 5.56 Å². The third-order valence-electron chi connectivity index (χ3n) is 5.19. The molecule has 7 nitrogen and oxygen atoms in total. The first-order valence-electron chi connectivity index (χ1n) is 8.94. The van der Waals surface area contributed by atoms with E-state index in [0.29, 0.717) is 13.2 Å². The molecule has 0 saturated carbocycles. The first-order valence-corrected chi connectivity index (χ1v) is 9.73. The van der Waals surface area contributed by atoms with Crippen molar-refractivity contribution >= 4 is 33.6 Å². The normalized spacial score (nSPS) is 21.0. The lowest BCUT2D eigenvalue weighted by Gasteiger charge is -2.30. The monoisotopic (exact) mass is 458 g/mol. The topological polar surface area (TPSA) is 68.3 Å². The maximum Gasteiger partial charge on any atom is 0.376 e. The van der Waals surface area contributed by atoms with Gasteiger partial charge in [0.2, 0.25) is 5.76 Å². The average molecular weight is 459 g/mol. The second kappa shape index (κ2) is 7.53. The smallest absolute Gasteiger partial charge is 0.376 e. The summed E-state index contributed by atoms with van der Waals surface area (Å²) in [4.78, 5) is 33.2. The van der Waals surface area contributed by atoms with Gasteiger partial charge in [0.15, 0.2) is 0 Å². The number of rotatable bonds is 4. The van der Waals surface area contributed by atoms with Gasteiger partial charge in [0.05, 0.1) is 14.2 Å². The van der Waals surface area contributed by atoms with Crippen LogP contribution in [0.4, 0.5) is 5.69 Å². The van der Waals surface area contributed by atoms with Gasteiger partial charge in [-0.2, -0.15) is 0 Å². The number of halogens is 1. The highest BCUT2D eigenvalue weighted by atomic mass is 79.9. The van der Waals surface area contributed by atoms with Gasteiger partial charge in [0, 0.05) is 16.7 Å². The Morgan fingerprint density at radius 1 is 1.00 bits per heavy atom. The van der Waals surface area contributed by atoms with E-state index in [1.807, 2.05) is 54.6 Å². The molecular formula is C21H19BrN2O5. The van der Waals surface area contributed by atoms with Crippen LogP contribution in [0, 0.1) is 0 Å². The van der Waals surface area contributed by atoms with Crippen LogP contribution >= 0.6 is 15.9 Å². The Labute approximate surface area is 176 Å². The molecule has 1 saturated heterocycles. The molecule has 2 aromatic rings. The van der Waals surface area contributed by atoms with Crippen molar-refractivity contribution in [3.63, 3.8) is 0 Å². The van der Waals surface area contributed by atoms with E-state index in [4.69, 9.17) is 14.3 Å². The molecule has 8 heteroatoms. The van der Waals surface area contributed by atoms with Crippen LogP contribution in [0.15, 0.2) is 70.4 Å². The molecule has 0 radical (unpaired) electrons. The summed E-state index contributed by atoms with van der Waals surface area (Å²) in [6, 6.07) is 17.3. The van der Waals surface area contributed by atoms with E-state index < -0.39 is 17.5 Å². The largest absolute Gasteiger partial charge is 0.465 e. The molecule has 2 aliphatic heterocycles. The number of methoxy groups -OCH3 is 2. The molecule has 0 aromatic heterocycles. The highest BCUT2D eigenvalue weighted by Gasteiger charge is 2.60. The number of nitrogens with zero attached hydrogens (tertiary/aromatic N) is 2. The summed E-state index contributed by atoms with van der Waals surface area (Å²) >= 11 is 3.45. The zero-order valence-corrected chi connectivity index (χ0v) is 17.5. The van der Waals surface area contributed by atoms with E-state index in [9.17, 15) is 9.59 Å². The lowest BCUT2D eigenvalue weighted by Crippen LogP contribution is -2.42. The molecule has 4 rings (SSSR count). The molecule has 1 atom stereocenters. The van der Waals surface area contributed by atoms with Gasteiger partial charge >= 0.3 is 11.9 Å². The summed E-state index contributed by atoms with van der Waals surface area (Å²) < 4.78 is 10.9. The van der Waals surface area contributed by atoms with E-state index in [2.05, 4.69) is 20.8 Å². The van der Waals surface area contributed by atoms with E-state index in [0.717, 1.165) is 15.7 Å². The number of ether oxygens (including phenoxy) is 2. The van der Waals surface area contributed by atoms with E-state index >= 15 is 0 Å². The minimum atomic E-state index is -1.01. The molecule has 0 spiro atoms. The Kier molecular flexibility index (Phi) is 5.06. The van der Waals surface area contributed by atoms with Crippen LogP contribution < -0.4 is 4.90 Å². The molecular weight excluding hydrogens is 440 g/mol. The van der Waals surface area contributed by atoms with E-state index in [1.54, 1.807) is 5.06 Å². The SMILES string of the molecule is COC(=O)C1=C(C(=O)OC)C2(c3ccccc3)CN(c3ccc(Br)cc3)CN2O1. The highest BCUT2D eigenvalue weighted by molar-refractivity contribution is 9.10. The quantitative estimate of drug-likeness (QED) is 0.652. The van der Waals surface area contributed by atoms with Crippen LogP contribution in [-0.2, 0) is 29.4 Å². The zero-order chi connectivity index (χ0) is 20.6. The molecule has 0 amide bonds. The van der Waals surface area contributed by atoms with Crippen LogP contribution in [0.5, 0.6) is 0 Å². The minimum Gasteiger partial charge on any atom is -0.465 e. The number of carbonyl (C=O) groups excluding carboxylic acids is 2. The van der Waals surface area contributed by atoms with Crippen molar-refractivity contribution in [2.45, 2.75) is 5.54 Å². The van der Waals surface area contributed by atoms with Crippen LogP contribution in [0.25, 0.3) is 0 Å². The number of anilines is 1. The van der Waals surface area contributed by atoms with Crippen molar-refractivity contribution in [2.75, 3.05) is 32.3 Å².